The van der Waals surface area contributed by atoms with Gasteiger partial charge in [0.15, 0.2) is 5.78 Å². The molecule has 0 aromatic carbocycles. The van der Waals surface area contributed by atoms with Gasteiger partial charge in [-0.15, -0.1) is 0 Å². The Bertz CT molecular complexity index is 626. The highest BCUT2D eigenvalue weighted by molar-refractivity contribution is 6.29. The number of Topliss-reactive ketones (excluding diaryl/α,β-unsaturated/α-hetero) is 1. The highest BCUT2D eigenvalue weighted by Crippen LogP contribution is 2.20. The second kappa shape index (κ2) is 11.3. The van der Waals surface area contributed by atoms with E-state index >= 15 is 0 Å². The Morgan fingerprint density at radius 1 is 1.24 bits per heavy atom. The minimum Gasteiger partial charge on any atom is -0.382 e. The minimum absolute atomic E-state index is 0.0242. The van der Waals surface area contributed by atoms with Gasteiger partial charge in [0.1, 0.15) is 5.15 Å². The SMILES string of the molecule is CCC(NC(=O)c1cnc(Cl)cc1NC(C)C)C(=O)C(C)C.O=C=O. The third-order valence-electron chi connectivity index (χ3n) is 3.19. The van der Waals surface area contributed by atoms with E-state index in [2.05, 4.69) is 15.6 Å². The first kappa shape index (κ1) is 22.8. The Balaban J connectivity index is 0.00000178. The summed E-state index contributed by atoms with van der Waals surface area (Å²) in [7, 11) is 0. The Morgan fingerprint density at radius 3 is 2.24 bits per heavy atom. The van der Waals surface area contributed by atoms with E-state index in [4.69, 9.17) is 21.2 Å². The molecule has 0 fully saturated rings. The van der Waals surface area contributed by atoms with Crippen molar-refractivity contribution in [3.8, 4) is 0 Å². The number of hydrogen-bond acceptors (Lipinski definition) is 6. The van der Waals surface area contributed by atoms with Crippen molar-refractivity contribution in [1.29, 1.82) is 0 Å². The molecule has 1 heterocycles. The monoisotopic (exact) mass is 369 g/mol. The van der Waals surface area contributed by atoms with Crippen LogP contribution in [0.1, 0.15) is 51.4 Å². The first-order valence-electron chi connectivity index (χ1n) is 7.93. The normalized spacial score (nSPS) is 11.2. The molecule has 1 amide bonds. The predicted molar refractivity (Wildman–Crippen MR) is 94.4 cm³/mol. The quantitative estimate of drug-likeness (QED) is 0.716. The highest BCUT2D eigenvalue weighted by Gasteiger charge is 2.23. The van der Waals surface area contributed by atoms with Crippen LogP contribution >= 0.6 is 11.6 Å². The minimum atomic E-state index is -0.491. The van der Waals surface area contributed by atoms with Crippen LogP contribution in [0.2, 0.25) is 5.15 Å². The molecular weight excluding hydrogens is 346 g/mol. The fourth-order valence-corrected chi connectivity index (χ4v) is 2.21. The van der Waals surface area contributed by atoms with Gasteiger partial charge in [0, 0.05) is 18.2 Å². The molecular formula is C17H24ClN3O4. The van der Waals surface area contributed by atoms with E-state index in [-0.39, 0.29) is 29.8 Å². The summed E-state index contributed by atoms with van der Waals surface area (Å²) in [5.41, 5.74) is 0.993. The van der Waals surface area contributed by atoms with Gasteiger partial charge in [-0.2, -0.15) is 9.59 Å². The third-order valence-corrected chi connectivity index (χ3v) is 3.39. The van der Waals surface area contributed by atoms with Crippen LogP contribution < -0.4 is 10.6 Å². The molecule has 1 rings (SSSR count). The second-order valence-electron chi connectivity index (χ2n) is 5.93. The van der Waals surface area contributed by atoms with Crippen LogP contribution in [0, 0.1) is 5.92 Å². The molecule has 7 nitrogen and oxygen atoms in total. The maximum Gasteiger partial charge on any atom is 0.373 e. The molecule has 1 aromatic rings. The zero-order chi connectivity index (χ0) is 19.6. The first-order valence-corrected chi connectivity index (χ1v) is 8.31. The summed E-state index contributed by atoms with van der Waals surface area (Å²) in [6.45, 7) is 9.46. The molecule has 0 spiro atoms. The first-order chi connectivity index (χ1) is 11.7. The van der Waals surface area contributed by atoms with E-state index in [9.17, 15) is 9.59 Å². The molecule has 1 aromatic heterocycles. The Morgan fingerprint density at radius 2 is 1.80 bits per heavy atom. The molecule has 8 heteroatoms. The molecule has 0 saturated carbocycles. The Kier molecular flexibility index (Phi) is 10.3. The number of anilines is 1. The largest absolute Gasteiger partial charge is 0.382 e. The maximum absolute atomic E-state index is 12.5. The van der Waals surface area contributed by atoms with E-state index in [0.717, 1.165) is 0 Å². The fourth-order valence-electron chi connectivity index (χ4n) is 2.05. The van der Waals surface area contributed by atoms with Crippen LogP contribution in [0.3, 0.4) is 0 Å². The van der Waals surface area contributed by atoms with Crippen LogP contribution in [-0.4, -0.2) is 34.9 Å². The molecule has 0 aliphatic rings. The number of nitrogens with zero attached hydrogens (tertiary/aromatic N) is 1. The molecule has 2 N–H and O–H groups in total. The predicted octanol–water partition coefficient (Wildman–Crippen LogP) is 2.71. The fraction of sp³-hybridized carbons (Fsp3) is 0.529. The van der Waals surface area contributed by atoms with Crippen molar-refractivity contribution in [3.05, 3.63) is 23.0 Å². The number of rotatable bonds is 7. The summed E-state index contributed by atoms with van der Waals surface area (Å²) in [5.74, 6) is -0.425. The van der Waals surface area contributed by atoms with Crippen molar-refractivity contribution >= 4 is 35.1 Å². The number of carbonyl (C=O) groups excluding carboxylic acids is 4. The van der Waals surface area contributed by atoms with Gasteiger partial charge < -0.3 is 10.6 Å². The molecule has 1 atom stereocenters. The zero-order valence-corrected chi connectivity index (χ0v) is 15.8. The van der Waals surface area contributed by atoms with Crippen molar-refractivity contribution in [1.82, 2.24) is 10.3 Å². The summed E-state index contributed by atoms with van der Waals surface area (Å²) in [6, 6.07) is 1.26. The van der Waals surface area contributed by atoms with Crippen molar-refractivity contribution in [2.24, 2.45) is 5.92 Å². The van der Waals surface area contributed by atoms with Crippen molar-refractivity contribution < 1.29 is 19.2 Å². The average Bonchev–Trinajstić information content (AvgIpc) is 2.51. The number of halogens is 1. The highest BCUT2D eigenvalue weighted by atomic mass is 35.5. The molecule has 0 bridgehead atoms. The summed E-state index contributed by atoms with van der Waals surface area (Å²) >= 11 is 5.89. The molecule has 0 aliphatic heterocycles. The Hall–Kier alpha value is -2.24. The molecule has 138 valence electrons. The van der Waals surface area contributed by atoms with Gasteiger partial charge in [0.05, 0.1) is 17.3 Å². The van der Waals surface area contributed by atoms with Gasteiger partial charge >= 0.3 is 6.15 Å². The van der Waals surface area contributed by atoms with Gasteiger partial charge in [-0.05, 0) is 26.3 Å². The van der Waals surface area contributed by atoms with Crippen molar-refractivity contribution in [2.45, 2.75) is 53.1 Å². The molecule has 1 unspecified atom stereocenters. The third kappa shape index (κ3) is 7.92. The van der Waals surface area contributed by atoms with Crippen LogP contribution in [0.4, 0.5) is 5.69 Å². The van der Waals surface area contributed by atoms with Gasteiger partial charge in [-0.3, -0.25) is 9.59 Å². The lowest BCUT2D eigenvalue weighted by molar-refractivity contribution is -0.191. The zero-order valence-electron chi connectivity index (χ0n) is 15.1. The number of nitrogens with one attached hydrogen (secondary N) is 2. The van der Waals surface area contributed by atoms with Crippen LogP contribution in [0.25, 0.3) is 0 Å². The van der Waals surface area contributed by atoms with E-state index in [1.54, 1.807) is 6.07 Å². The van der Waals surface area contributed by atoms with Crippen LogP contribution in [0.5, 0.6) is 0 Å². The number of ketones is 1. The molecule has 0 radical (unpaired) electrons. The lowest BCUT2D eigenvalue weighted by Gasteiger charge is -2.20. The summed E-state index contributed by atoms with van der Waals surface area (Å²) < 4.78 is 0. The lowest BCUT2D eigenvalue weighted by atomic mass is 9.99. The molecule has 0 saturated heterocycles. The van der Waals surface area contributed by atoms with Gasteiger partial charge in [0.25, 0.3) is 5.91 Å². The van der Waals surface area contributed by atoms with E-state index < -0.39 is 6.04 Å². The van der Waals surface area contributed by atoms with E-state index in [0.29, 0.717) is 22.8 Å². The number of carbonyl (C=O) groups is 2. The lowest BCUT2D eigenvalue weighted by Crippen LogP contribution is -2.42. The summed E-state index contributed by atoms with van der Waals surface area (Å²) in [5, 5.41) is 6.26. The number of amides is 1. The number of pyridine rings is 1. The standard InChI is InChI=1S/C16H24ClN3O2.CO2/c1-6-12(15(21)9(2)3)20-16(22)11-8-18-14(17)7-13(11)19-10(4)5;2-1-3/h7-10,12H,6H2,1-5H3,(H,18,19)(H,20,22);. The summed E-state index contributed by atoms with van der Waals surface area (Å²) in [6.07, 6.45) is 2.23. The second-order valence-corrected chi connectivity index (χ2v) is 6.31. The van der Waals surface area contributed by atoms with Crippen LogP contribution in [0.15, 0.2) is 12.3 Å². The van der Waals surface area contributed by atoms with Gasteiger partial charge in [-0.1, -0.05) is 32.4 Å². The average molecular weight is 370 g/mol. The topological polar surface area (TPSA) is 105 Å². The van der Waals surface area contributed by atoms with Crippen molar-refractivity contribution in [3.63, 3.8) is 0 Å². The molecule has 0 aliphatic carbocycles. The van der Waals surface area contributed by atoms with Crippen LogP contribution in [-0.2, 0) is 14.4 Å². The van der Waals surface area contributed by atoms with Gasteiger partial charge in [0.2, 0.25) is 0 Å². The smallest absolute Gasteiger partial charge is 0.373 e. The summed E-state index contributed by atoms with van der Waals surface area (Å²) in [4.78, 5) is 44.8. The Labute approximate surface area is 152 Å². The van der Waals surface area contributed by atoms with Gasteiger partial charge in [-0.25, -0.2) is 4.98 Å². The number of hydrogen-bond donors (Lipinski definition) is 2. The van der Waals surface area contributed by atoms with E-state index in [1.807, 2.05) is 34.6 Å². The number of aromatic nitrogens is 1. The van der Waals surface area contributed by atoms with E-state index in [1.165, 1.54) is 6.20 Å². The van der Waals surface area contributed by atoms with Crippen molar-refractivity contribution in [2.75, 3.05) is 5.32 Å². The molecule has 25 heavy (non-hydrogen) atoms. The maximum atomic E-state index is 12.5.